The molecule has 0 bridgehead atoms. The molecule has 4 N–H and O–H groups in total. The molecular formula is C23H25N5O2. The number of nitrogens with zero attached hydrogens (tertiary/aromatic N) is 2. The Hall–Kier alpha value is -3.32. The predicted octanol–water partition coefficient (Wildman–Crippen LogP) is 2.22. The van der Waals surface area contributed by atoms with Crippen molar-refractivity contribution in [3.05, 3.63) is 65.8 Å². The van der Waals surface area contributed by atoms with Crippen LogP contribution in [-0.4, -0.2) is 51.9 Å². The SMILES string of the molecule is N=C1C=C(c2ccccc2)C(=O)C=C1c1ncc(CC2CCN(C(=O)CN)CC2)[nH]1. The third-order valence-corrected chi connectivity index (χ3v) is 5.74. The summed E-state index contributed by atoms with van der Waals surface area (Å²) in [5.74, 6) is 0.892. The van der Waals surface area contributed by atoms with Crippen LogP contribution in [0.2, 0.25) is 0 Å². The number of ketones is 1. The number of amides is 1. The third-order valence-electron chi connectivity index (χ3n) is 5.74. The van der Waals surface area contributed by atoms with Gasteiger partial charge in [-0.3, -0.25) is 9.59 Å². The van der Waals surface area contributed by atoms with E-state index in [1.54, 1.807) is 12.3 Å². The number of imidazole rings is 1. The van der Waals surface area contributed by atoms with Gasteiger partial charge in [-0.2, -0.15) is 0 Å². The van der Waals surface area contributed by atoms with Crippen molar-refractivity contribution in [2.24, 2.45) is 11.7 Å². The van der Waals surface area contributed by atoms with Crippen molar-refractivity contribution in [3.63, 3.8) is 0 Å². The fourth-order valence-corrected chi connectivity index (χ4v) is 4.05. The molecule has 0 spiro atoms. The number of hydrogen-bond donors (Lipinski definition) is 3. The normalized spacial score (nSPS) is 17.7. The minimum absolute atomic E-state index is 0.00705. The van der Waals surface area contributed by atoms with Crippen LogP contribution in [0.4, 0.5) is 0 Å². The molecule has 1 aromatic heterocycles. The molecule has 30 heavy (non-hydrogen) atoms. The van der Waals surface area contributed by atoms with E-state index < -0.39 is 0 Å². The number of rotatable bonds is 5. The number of nitrogens with one attached hydrogen (secondary N) is 2. The molecule has 154 valence electrons. The highest BCUT2D eigenvalue weighted by Crippen LogP contribution is 2.27. The lowest BCUT2D eigenvalue weighted by Gasteiger charge is -2.31. The van der Waals surface area contributed by atoms with Gasteiger partial charge in [0.15, 0.2) is 5.78 Å². The van der Waals surface area contributed by atoms with Crippen LogP contribution in [-0.2, 0) is 16.0 Å². The van der Waals surface area contributed by atoms with Gasteiger partial charge in [0.25, 0.3) is 0 Å². The van der Waals surface area contributed by atoms with Crippen molar-refractivity contribution in [2.75, 3.05) is 19.6 Å². The van der Waals surface area contributed by atoms with Gasteiger partial charge in [0, 0.05) is 36.1 Å². The van der Waals surface area contributed by atoms with Gasteiger partial charge in [0.05, 0.1) is 12.3 Å². The Kier molecular flexibility index (Phi) is 5.72. The Labute approximate surface area is 175 Å². The van der Waals surface area contributed by atoms with Crippen LogP contribution >= 0.6 is 0 Å². The van der Waals surface area contributed by atoms with Gasteiger partial charge in [0.2, 0.25) is 5.91 Å². The first-order valence-corrected chi connectivity index (χ1v) is 10.2. The number of H-pyrrole nitrogens is 1. The summed E-state index contributed by atoms with van der Waals surface area (Å²) in [6.07, 6.45) is 7.57. The van der Waals surface area contributed by atoms with E-state index in [1.807, 2.05) is 35.2 Å². The van der Waals surface area contributed by atoms with E-state index in [4.69, 9.17) is 11.1 Å². The first-order valence-electron chi connectivity index (χ1n) is 10.2. The molecule has 4 rings (SSSR count). The topological polar surface area (TPSA) is 116 Å². The Morgan fingerprint density at radius 3 is 2.60 bits per heavy atom. The van der Waals surface area contributed by atoms with Gasteiger partial charge in [-0.25, -0.2) is 4.98 Å². The van der Waals surface area contributed by atoms with Crippen molar-refractivity contribution < 1.29 is 9.59 Å². The van der Waals surface area contributed by atoms with Crippen molar-refractivity contribution in [1.29, 1.82) is 5.41 Å². The average molecular weight is 403 g/mol. The summed E-state index contributed by atoms with van der Waals surface area (Å²) < 4.78 is 0. The van der Waals surface area contributed by atoms with Crippen molar-refractivity contribution >= 4 is 28.5 Å². The summed E-state index contributed by atoms with van der Waals surface area (Å²) in [5.41, 5.74) is 8.53. The maximum Gasteiger partial charge on any atom is 0.236 e. The first kappa shape index (κ1) is 20.0. The molecule has 0 unspecified atom stereocenters. The molecule has 1 aromatic carbocycles. The molecule has 1 amide bonds. The van der Waals surface area contributed by atoms with Crippen LogP contribution in [0.1, 0.15) is 29.9 Å². The van der Waals surface area contributed by atoms with E-state index in [-0.39, 0.29) is 23.9 Å². The van der Waals surface area contributed by atoms with Crippen LogP contribution in [0.15, 0.2) is 48.7 Å². The van der Waals surface area contributed by atoms with Gasteiger partial charge in [-0.05, 0) is 42.9 Å². The largest absolute Gasteiger partial charge is 0.342 e. The standard InChI is InChI=1S/C23H25N5O2/c24-13-22(30)28-8-6-15(7-9-28)10-17-14-26-23(27-17)19-12-21(29)18(11-20(19)25)16-4-2-1-3-5-16/h1-5,11-12,14-15,25H,6-10,13,24H2,(H,26,27). The molecule has 0 atom stereocenters. The number of allylic oxidation sites excluding steroid dienone is 4. The summed E-state index contributed by atoms with van der Waals surface area (Å²) >= 11 is 0. The lowest BCUT2D eigenvalue weighted by molar-refractivity contribution is -0.131. The zero-order valence-electron chi connectivity index (χ0n) is 16.7. The maximum absolute atomic E-state index is 12.6. The molecule has 7 nitrogen and oxygen atoms in total. The summed E-state index contributed by atoms with van der Waals surface area (Å²) in [6, 6.07) is 9.39. The zero-order chi connectivity index (χ0) is 21.1. The van der Waals surface area contributed by atoms with Gasteiger partial charge in [0.1, 0.15) is 5.82 Å². The molecular weight excluding hydrogens is 378 g/mol. The van der Waals surface area contributed by atoms with Gasteiger partial charge >= 0.3 is 0 Å². The van der Waals surface area contributed by atoms with Crippen LogP contribution in [0, 0.1) is 11.3 Å². The Balaban J connectivity index is 1.42. The fraction of sp³-hybridized carbons (Fsp3) is 0.304. The van der Waals surface area contributed by atoms with E-state index in [1.165, 1.54) is 6.08 Å². The number of aromatic nitrogens is 2. The monoisotopic (exact) mass is 403 g/mol. The lowest BCUT2D eigenvalue weighted by atomic mass is 9.91. The number of piperidine rings is 1. The molecule has 2 aliphatic rings. The van der Waals surface area contributed by atoms with E-state index in [9.17, 15) is 9.59 Å². The van der Waals surface area contributed by atoms with Crippen LogP contribution < -0.4 is 5.73 Å². The van der Waals surface area contributed by atoms with Gasteiger partial charge in [-0.15, -0.1) is 0 Å². The molecule has 1 fully saturated rings. The number of carbonyl (C=O) groups is 2. The zero-order valence-corrected chi connectivity index (χ0v) is 16.7. The molecule has 7 heteroatoms. The smallest absolute Gasteiger partial charge is 0.236 e. The fourth-order valence-electron chi connectivity index (χ4n) is 4.05. The summed E-state index contributed by atoms with van der Waals surface area (Å²) in [4.78, 5) is 33.9. The van der Waals surface area contributed by atoms with Crippen molar-refractivity contribution in [3.8, 4) is 0 Å². The quantitative estimate of drug-likeness (QED) is 0.664. The molecule has 2 aromatic rings. The highest BCUT2D eigenvalue weighted by Gasteiger charge is 2.24. The lowest BCUT2D eigenvalue weighted by Crippen LogP contribution is -2.41. The summed E-state index contributed by atoms with van der Waals surface area (Å²) in [6.45, 7) is 1.53. The summed E-state index contributed by atoms with van der Waals surface area (Å²) in [5, 5.41) is 8.39. The molecule has 1 aliphatic heterocycles. The Bertz CT molecular complexity index is 1030. The van der Waals surface area contributed by atoms with Crippen molar-refractivity contribution in [2.45, 2.75) is 19.3 Å². The number of aromatic amines is 1. The minimum Gasteiger partial charge on any atom is -0.342 e. The van der Waals surface area contributed by atoms with E-state index in [0.717, 1.165) is 43.6 Å². The number of hydrogen-bond acceptors (Lipinski definition) is 5. The molecule has 0 saturated carbocycles. The first-order chi connectivity index (χ1) is 14.5. The molecule has 0 radical (unpaired) electrons. The second-order valence-corrected chi connectivity index (χ2v) is 7.75. The third kappa shape index (κ3) is 4.16. The molecule has 2 heterocycles. The molecule has 1 saturated heterocycles. The maximum atomic E-state index is 12.6. The number of nitrogens with two attached hydrogens (primary N) is 1. The van der Waals surface area contributed by atoms with Gasteiger partial charge in [-0.1, -0.05) is 30.3 Å². The number of carbonyl (C=O) groups excluding carboxylic acids is 2. The van der Waals surface area contributed by atoms with Crippen LogP contribution in [0.25, 0.3) is 11.1 Å². The Morgan fingerprint density at radius 1 is 1.17 bits per heavy atom. The summed E-state index contributed by atoms with van der Waals surface area (Å²) in [7, 11) is 0. The highest BCUT2D eigenvalue weighted by atomic mass is 16.2. The minimum atomic E-state index is -0.123. The van der Waals surface area contributed by atoms with E-state index >= 15 is 0 Å². The van der Waals surface area contributed by atoms with E-state index in [2.05, 4.69) is 9.97 Å². The number of benzene rings is 1. The molecule has 1 aliphatic carbocycles. The van der Waals surface area contributed by atoms with Crippen LogP contribution in [0.3, 0.4) is 0 Å². The van der Waals surface area contributed by atoms with E-state index in [0.29, 0.717) is 22.9 Å². The highest BCUT2D eigenvalue weighted by molar-refractivity contribution is 6.44. The average Bonchev–Trinajstić information content (AvgIpc) is 3.23. The predicted molar refractivity (Wildman–Crippen MR) is 116 cm³/mol. The Morgan fingerprint density at radius 2 is 1.90 bits per heavy atom. The number of likely N-dealkylation sites (tertiary alicyclic amines) is 1. The second kappa shape index (κ2) is 8.59. The van der Waals surface area contributed by atoms with Gasteiger partial charge < -0.3 is 21.0 Å². The van der Waals surface area contributed by atoms with Crippen molar-refractivity contribution in [1.82, 2.24) is 14.9 Å². The van der Waals surface area contributed by atoms with Crippen LogP contribution in [0.5, 0.6) is 0 Å². The second-order valence-electron chi connectivity index (χ2n) is 7.75.